The third kappa shape index (κ3) is 5.84. The molecule has 0 saturated heterocycles. The number of rotatable bonds is 8. The van der Waals surface area contributed by atoms with E-state index in [0.29, 0.717) is 12.5 Å². The van der Waals surface area contributed by atoms with Crippen molar-refractivity contribution in [3.63, 3.8) is 0 Å². The lowest BCUT2D eigenvalue weighted by Gasteiger charge is -2.44. The summed E-state index contributed by atoms with van der Waals surface area (Å²) in [5.74, 6) is 0.532. The molecule has 2 saturated carbocycles. The van der Waals surface area contributed by atoms with E-state index in [-0.39, 0.29) is 30.2 Å². The second-order valence-corrected chi connectivity index (χ2v) is 8.28. The fraction of sp³-hybridized carbons (Fsp3) is 0.952. The molecule has 26 heavy (non-hydrogen) atoms. The van der Waals surface area contributed by atoms with Crippen LogP contribution in [0.4, 0.5) is 0 Å². The van der Waals surface area contributed by atoms with E-state index in [1.807, 2.05) is 0 Å². The smallest absolute Gasteiger partial charge is 0.338 e. The fourth-order valence-corrected chi connectivity index (χ4v) is 4.83. The number of aliphatic hydroxyl groups is 1. The van der Waals surface area contributed by atoms with E-state index in [1.165, 1.54) is 6.42 Å². The van der Waals surface area contributed by atoms with E-state index < -0.39 is 5.60 Å². The zero-order valence-corrected chi connectivity index (χ0v) is 17.9. The highest BCUT2D eigenvalue weighted by Gasteiger charge is 2.51. The standard InChI is InChI=1S/C21H39NO3.ClH/c1-4-22(5-2)15-16-25-20(23)21(24,18-9-7-6-8-10-18)19-13-11-17(3)12-14-19;/h17-19,24H,4-16H2,1-3H3;1H. The van der Waals surface area contributed by atoms with E-state index in [1.54, 1.807) is 0 Å². The van der Waals surface area contributed by atoms with Crippen LogP contribution < -0.4 is 0 Å². The average Bonchev–Trinajstić information content (AvgIpc) is 2.65. The lowest BCUT2D eigenvalue weighted by molar-refractivity contribution is -0.185. The van der Waals surface area contributed by atoms with Gasteiger partial charge in [0, 0.05) is 6.54 Å². The second kappa shape index (κ2) is 11.5. The van der Waals surface area contributed by atoms with Crippen molar-refractivity contribution < 1.29 is 14.6 Å². The third-order valence-electron chi connectivity index (χ3n) is 6.73. The van der Waals surface area contributed by atoms with Crippen LogP contribution in [0.5, 0.6) is 0 Å². The van der Waals surface area contributed by atoms with Gasteiger partial charge in [-0.1, -0.05) is 52.9 Å². The van der Waals surface area contributed by atoms with Gasteiger partial charge in [0.2, 0.25) is 0 Å². The summed E-state index contributed by atoms with van der Waals surface area (Å²) < 4.78 is 5.64. The molecule has 0 aliphatic heterocycles. The van der Waals surface area contributed by atoms with Crippen LogP contribution in [0.1, 0.15) is 78.6 Å². The van der Waals surface area contributed by atoms with Gasteiger partial charge in [0.25, 0.3) is 0 Å². The maximum atomic E-state index is 13.0. The largest absolute Gasteiger partial charge is 0.462 e. The Hall–Kier alpha value is -0.320. The van der Waals surface area contributed by atoms with Crippen LogP contribution in [-0.2, 0) is 9.53 Å². The predicted molar refractivity (Wildman–Crippen MR) is 109 cm³/mol. The van der Waals surface area contributed by atoms with Gasteiger partial charge in [0.05, 0.1) is 0 Å². The van der Waals surface area contributed by atoms with Crippen molar-refractivity contribution in [3.8, 4) is 0 Å². The van der Waals surface area contributed by atoms with E-state index in [4.69, 9.17) is 4.74 Å². The van der Waals surface area contributed by atoms with Gasteiger partial charge >= 0.3 is 5.97 Å². The summed E-state index contributed by atoms with van der Waals surface area (Å²) in [5, 5.41) is 11.6. The molecule has 0 bridgehead atoms. The minimum atomic E-state index is -1.26. The van der Waals surface area contributed by atoms with Crippen LogP contribution in [-0.4, -0.2) is 47.8 Å². The van der Waals surface area contributed by atoms with Crippen molar-refractivity contribution in [2.75, 3.05) is 26.2 Å². The van der Waals surface area contributed by atoms with Gasteiger partial charge in [-0.15, -0.1) is 12.4 Å². The fourth-order valence-electron chi connectivity index (χ4n) is 4.83. The van der Waals surface area contributed by atoms with Gasteiger partial charge in [-0.2, -0.15) is 0 Å². The number of hydrogen-bond donors (Lipinski definition) is 1. The molecule has 2 aliphatic carbocycles. The molecule has 0 aromatic heterocycles. The summed E-state index contributed by atoms with van der Waals surface area (Å²) in [6, 6.07) is 0. The van der Waals surface area contributed by atoms with Crippen molar-refractivity contribution in [1.82, 2.24) is 4.90 Å². The van der Waals surface area contributed by atoms with Gasteiger partial charge in [-0.3, -0.25) is 0 Å². The maximum absolute atomic E-state index is 13.0. The van der Waals surface area contributed by atoms with Crippen LogP contribution in [0.15, 0.2) is 0 Å². The zero-order chi connectivity index (χ0) is 18.3. The topological polar surface area (TPSA) is 49.8 Å². The predicted octanol–water partition coefficient (Wildman–Crippen LogP) is 4.43. The number of hydrogen-bond acceptors (Lipinski definition) is 4. The maximum Gasteiger partial charge on any atom is 0.338 e. The molecule has 0 aromatic rings. The van der Waals surface area contributed by atoms with Gasteiger partial charge in [-0.25, -0.2) is 4.79 Å². The Morgan fingerprint density at radius 2 is 1.54 bits per heavy atom. The molecule has 1 atom stereocenters. The first kappa shape index (κ1) is 23.7. The molecule has 1 unspecified atom stereocenters. The summed E-state index contributed by atoms with van der Waals surface area (Å²) in [4.78, 5) is 15.3. The van der Waals surface area contributed by atoms with Crippen molar-refractivity contribution >= 4 is 18.4 Å². The first-order valence-corrected chi connectivity index (χ1v) is 10.6. The molecule has 5 heteroatoms. The quantitative estimate of drug-likeness (QED) is 0.624. The highest BCUT2D eigenvalue weighted by molar-refractivity contribution is 5.85. The van der Waals surface area contributed by atoms with Crippen LogP contribution in [0.2, 0.25) is 0 Å². The summed E-state index contributed by atoms with van der Waals surface area (Å²) in [5.41, 5.74) is -1.26. The zero-order valence-electron chi connectivity index (χ0n) is 17.0. The highest BCUT2D eigenvalue weighted by Crippen LogP contribution is 2.44. The second-order valence-electron chi connectivity index (χ2n) is 8.28. The molecule has 0 spiro atoms. The van der Waals surface area contributed by atoms with E-state index >= 15 is 0 Å². The molecule has 0 aromatic carbocycles. The van der Waals surface area contributed by atoms with E-state index in [0.717, 1.165) is 71.0 Å². The minimum Gasteiger partial charge on any atom is -0.462 e. The Kier molecular flexibility index (Phi) is 10.5. The molecule has 2 rings (SSSR count). The summed E-state index contributed by atoms with van der Waals surface area (Å²) in [7, 11) is 0. The summed E-state index contributed by atoms with van der Waals surface area (Å²) in [6.07, 6.45) is 9.57. The molecule has 0 radical (unpaired) electrons. The Bertz CT molecular complexity index is 402. The molecule has 1 N–H and O–H groups in total. The molecule has 2 aliphatic rings. The van der Waals surface area contributed by atoms with Crippen molar-refractivity contribution in [2.45, 2.75) is 84.2 Å². The van der Waals surface area contributed by atoms with Crippen LogP contribution >= 0.6 is 12.4 Å². The normalized spacial score (nSPS) is 26.8. The number of carbonyl (C=O) groups excluding carboxylic acids is 1. The first-order chi connectivity index (χ1) is 12.0. The molecule has 154 valence electrons. The highest BCUT2D eigenvalue weighted by atomic mass is 35.5. The van der Waals surface area contributed by atoms with Crippen LogP contribution in [0, 0.1) is 17.8 Å². The number of likely N-dealkylation sites (N-methyl/N-ethyl adjacent to an activating group) is 1. The number of nitrogens with zero attached hydrogens (tertiary/aromatic N) is 1. The SMILES string of the molecule is CCN(CC)CCOC(=O)C(O)(C1CCCCC1)C1CCC(C)CC1.Cl. The lowest BCUT2D eigenvalue weighted by Crippen LogP contribution is -2.54. The number of halogens is 1. The van der Waals surface area contributed by atoms with Crippen molar-refractivity contribution in [2.24, 2.45) is 17.8 Å². The molecular formula is C21H40ClNO3. The van der Waals surface area contributed by atoms with Crippen molar-refractivity contribution in [1.29, 1.82) is 0 Å². The molecule has 0 amide bonds. The lowest BCUT2D eigenvalue weighted by atomic mass is 9.65. The monoisotopic (exact) mass is 389 g/mol. The summed E-state index contributed by atoms with van der Waals surface area (Å²) >= 11 is 0. The van der Waals surface area contributed by atoms with Crippen LogP contribution in [0.25, 0.3) is 0 Å². The Morgan fingerprint density at radius 1 is 1.00 bits per heavy atom. The Labute approximate surface area is 166 Å². The van der Waals surface area contributed by atoms with Gasteiger partial charge in [0.15, 0.2) is 5.60 Å². The molecule has 2 fully saturated rings. The molecular weight excluding hydrogens is 350 g/mol. The number of ether oxygens (including phenoxy) is 1. The van der Waals surface area contributed by atoms with Crippen LogP contribution in [0.3, 0.4) is 0 Å². The summed E-state index contributed by atoms with van der Waals surface area (Å²) in [6.45, 7) is 9.57. The van der Waals surface area contributed by atoms with E-state index in [2.05, 4.69) is 25.7 Å². The molecule has 0 heterocycles. The number of carbonyl (C=O) groups is 1. The Balaban J connectivity index is 0.00000338. The van der Waals surface area contributed by atoms with Gasteiger partial charge in [-0.05, 0) is 56.5 Å². The minimum absolute atomic E-state index is 0. The van der Waals surface area contributed by atoms with E-state index in [9.17, 15) is 9.90 Å². The third-order valence-corrected chi connectivity index (χ3v) is 6.73. The van der Waals surface area contributed by atoms with Gasteiger partial charge in [0.1, 0.15) is 6.61 Å². The number of esters is 1. The van der Waals surface area contributed by atoms with Crippen molar-refractivity contribution in [3.05, 3.63) is 0 Å². The Morgan fingerprint density at radius 3 is 2.08 bits per heavy atom. The first-order valence-electron chi connectivity index (χ1n) is 10.6. The average molecular weight is 390 g/mol. The molecule has 4 nitrogen and oxygen atoms in total. The van der Waals surface area contributed by atoms with Gasteiger partial charge < -0.3 is 14.7 Å².